The molecule has 1 N–H and O–H groups in total. The molecule has 0 bridgehead atoms. The molecule has 0 aromatic rings. The van der Waals surface area contributed by atoms with E-state index in [1.165, 1.54) is 25.7 Å². The second kappa shape index (κ2) is 6.53. The number of esters is 1. The van der Waals surface area contributed by atoms with E-state index < -0.39 is 0 Å². The fourth-order valence-electron chi connectivity index (χ4n) is 2.58. The van der Waals surface area contributed by atoms with Gasteiger partial charge in [-0.15, -0.1) is 0 Å². The van der Waals surface area contributed by atoms with Crippen molar-refractivity contribution in [1.82, 2.24) is 10.2 Å². The van der Waals surface area contributed by atoms with Crippen LogP contribution in [-0.2, 0) is 9.53 Å². The third kappa shape index (κ3) is 3.95. The van der Waals surface area contributed by atoms with Crippen molar-refractivity contribution in [3.63, 3.8) is 0 Å². The molecule has 0 amide bonds. The molecule has 4 nitrogen and oxygen atoms in total. The molecule has 1 atom stereocenters. The molecular weight excluding hydrogens is 228 g/mol. The van der Waals surface area contributed by atoms with Gasteiger partial charge in [-0.25, -0.2) is 0 Å². The lowest BCUT2D eigenvalue weighted by Crippen LogP contribution is -2.46. The first-order chi connectivity index (χ1) is 8.70. The molecule has 2 fully saturated rings. The lowest BCUT2D eigenvalue weighted by Gasteiger charge is -2.35. The highest BCUT2D eigenvalue weighted by Gasteiger charge is 2.28. The molecular formula is C14H26N2O2. The van der Waals surface area contributed by atoms with Crippen LogP contribution >= 0.6 is 0 Å². The van der Waals surface area contributed by atoms with Gasteiger partial charge >= 0.3 is 5.97 Å². The van der Waals surface area contributed by atoms with Crippen molar-refractivity contribution in [3.8, 4) is 0 Å². The van der Waals surface area contributed by atoms with Crippen molar-refractivity contribution >= 4 is 5.97 Å². The zero-order chi connectivity index (χ0) is 13.0. The smallest absolute Gasteiger partial charge is 0.323 e. The van der Waals surface area contributed by atoms with Gasteiger partial charge in [-0.2, -0.15) is 0 Å². The summed E-state index contributed by atoms with van der Waals surface area (Å²) in [5.41, 5.74) is 0. The van der Waals surface area contributed by atoms with Crippen LogP contribution in [0, 0.1) is 5.92 Å². The Morgan fingerprint density at radius 3 is 2.56 bits per heavy atom. The summed E-state index contributed by atoms with van der Waals surface area (Å²) in [5.74, 6) is 0.711. The van der Waals surface area contributed by atoms with Gasteiger partial charge in [0.1, 0.15) is 6.04 Å². The predicted octanol–water partition coefficient (Wildman–Crippen LogP) is 1.40. The van der Waals surface area contributed by atoms with Crippen molar-refractivity contribution in [2.24, 2.45) is 5.92 Å². The van der Waals surface area contributed by atoms with Crippen LogP contribution in [0.4, 0.5) is 0 Å². The first kappa shape index (κ1) is 13.8. The Labute approximate surface area is 110 Å². The maximum Gasteiger partial charge on any atom is 0.323 e. The van der Waals surface area contributed by atoms with Crippen LogP contribution in [0.1, 0.15) is 39.5 Å². The van der Waals surface area contributed by atoms with Crippen LogP contribution < -0.4 is 5.32 Å². The maximum atomic E-state index is 11.7. The molecule has 0 radical (unpaired) electrons. The standard InChI is InChI=1S/C14H26N2O2/c1-3-18-14(17)11(2)16-8-6-12(7-9-16)10-15-13-4-5-13/h11-13,15H,3-10H2,1-2H3. The van der Waals surface area contributed by atoms with Gasteiger partial charge in [0.05, 0.1) is 6.61 Å². The monoisotopic (exact) mass is 254 g/mol. The molecule has 0 aromatic heterocycles. The average Bonchev–Trinajstić information content (AvgIpc) is 3.20. The normalized spacial score (nSPS) is 23.9. The number of carbonyl (C=O) groups excluding carboxylic acids is 1. The van der Waals surface area contributed by atoms with Gasteiger partial charge in [0.15, 0.2) is 0 Å². The molecule has 2 aliphatic rings. The Hall–Kier alpha value is -0.610. The third-order valence-electron chi connectivity index (χ3n) is 4.10. The zero-order valence-electron chi connectivity index (χ0n) is 11.7. The van der Waals surface area contributed by atoms with Gasteiger partial charge < -0.3 is 10.1 Å². The second-order valence-corrected chi connectivity index (χ2v) is 5.59. The van der Waals surface area contributed by atoms with Crippen LogP contribution in [0.2, 0.25) is 0 Å². The molecule has 1 heterocycles. The van der Waals surface area contributed by atoms with E-state index in [-0.39, 0.29) is 12.0 Å². The van der Waals surface area contributed by atoms with E-state index in [0.29, 0.717) is 6.61 Å². The highest BCUT2D eigenvalue weighted by Crippen LogP contribution is 2.22. The predicted molar refractivity (Wildman–Crippen MR) is 71.4 cm³/mol. The fourth-order valence-corrected chi connectivity index (χ4v) is 2.58. The number of likely N-dealkylation sites (tertiary alicyclic amines) is 1. The van der Waals surface area contributed by atoms with E-state index in [0.717, 1.165) is 31.6 Å². The average molecular weight is 254 g/mol. The molecule has 1 unspecified atom stereocenters. The van der Waals surface area contributed by atoms with Crippen molar-refractivity contribution in [2.75, 3.05) is 26.2 Å². The number of rotatable bonds is 6. The largest absolute Gasteiger partial charge is 0.465 e. The molecule has 1 saturated heterocycles. The molecule has 1 aliphatic heterocycles. The van der Waals surface area contributed by atoms with Gasteiger partial charge in [0.25, 0.3) is 0 Å². The third-order valence-corrected chi connectivity index (χ3v) is 4.10. The molecule has 4 heteroatoms. The number of hydrogen-bond donors (Lipinski definition) is 1. The lowest BCUT2D eigenvalue weighted by molar-refractivity contribution is -0.149. The minimum atomic E-state index is -0.0812. The Balaban J connectivity index is 1.66. The Kier molecular flexibility index (Phi) is 5.01. The number of nitrogens with zero attached hydrogens (tertiary/aromatic N) is 1. The second-order valence-electron chi connectivity index (χ2n) is 5.59. The summed E-state index contributed by atoms with van der Waals surface area (Å²) < 4.78 is 5.08. The first-order valence-electron chi connectivity index (χ1n) is 7.34. The number of hydrogen-bond acceptors (Lipinski definition) is 4. The minimum absolute atomic E-state index is 0.0768. The fraction of sp³-hybridized carbons (Fsp3) is 0.929. The highest BCUT2D eigenvalue weighted by atomic mass is 16.5. The molecule has 0 aromatic carbocycles. The molecule has 104 valence electrons. The molecule has 1 saturated carbocycles. The summed E-state index contributed by atoms with van der Waals surface area (Å²) in [6.07, 6.45) is 5.12. The van der Waals surface area contributed by atoms with E-state index in [2.05, 4.69) is 10.2 Å². The van der Waals surface area contributed by atoms with Crippen molar-refractivity contribution in [2.45, 2.75) is 51.6 Å². The van der Waals surface area contributed by atoms with Gasteiger partial charge in [-0.1, -0.05) is 0 Å². The quantitative estimate of drug-likeness (QED) is 0.728. The van der Waals surface area contributed by atoms with E-state index in [9.17, 15) is 4.79 Å². The maximum absolute atomic E-state index is 11.7. The number of carbonyl (C=O) groups is 1. The van der Waals surface area contributed by atoms with Crippen molar-refractivity contribution in [1.29, 1.82) is 0 Å². The van der Waals surface area contributed by atoms with Crippen molar-refractivity contribution in [3.05, 3.63) is 0 Å². The summed E-state index contributed by atoms with van der Waals surface area (Å²) in [5, 5.41) is 3.60. The Bertz CT molecular complexity index is 271. The number of nitrogens with one attached hydrogen (secondary N) is 1. The van der Waals surface area contributed by atoms with Crippen LogP contribution in [0.25, 0.3) is 0 Å². The van der Waals surface area contributed by atoms with E-state index in [4.69, 9.17) is 4.74 Å². The summed E-state index contributed by atoms with van der Waals surface area (Å²) in [6, 6.07) is 0.726. The zero-order valence-corrected chi connectivity index (χ0v) is 11.7. The van der Waals surface area contributed by atoms with Gasteiger partial charge in [-0.3, -0.25) is 9.69 Å². The molecule has 2 rings (SSSR count). The van der Waals surface area contributed by atoms with Crippen molar-refractivity contribution < 1.29 is 9.53 Å². The summed E-state index contributed by atoms with van der Waals surface area (Å²) in [4.78, 5) is 13.9. The van der Waals surface area contributed by atoms with E-state index >= 15 is 0 Å². The number of ether oxygens (including phenoxy) is 1. The summed E-state index contributed by atoms with van der Waals surface area (Å²) in [6.45, 7) is 7.51. The van der Waals surface area contributed by atoms with Gasteiger partial charge in [-0.05, 0) is 65.1 Å². The van der Waals surface area contributed by atoms with Crippen LogP contribution in [0.5, 0.6) is 0 Å². The topological polar surface area (TPSA) is 41.6 Å². The highest BCUT2D eigenvalue weighted by molar-refractivity contribution is 5.75. The van der Waals surface area contributed by atoms with E-state index in [1.807, 2.05) is 13.8 Å². The first-order valence-corrected chi connectivity index (χ1v) is 7.34. The Morgan fingerprint density at radius 1 is 1.33 bits per heavy atom. The van der Waals surface area contributed by atoms with Crippen LogP contribution in [-0.4, -0.2) is 49.2 Å². The lowest BCUT2D eigenvalue weighted by atomic mass is 9.96. The number of piperidine rings is 1. The van der Waals surface area contributed by atoms with Crippen LogP contribution in [0.15, 0.2) is 0 Å². The van der Waals surface area contributed by atoms with Gasteiger partial charge in [0, 0.05) is 6.04 Å². The van der Waals surface area contributed by atoms with Crippen LogP contribution in [0.3, 0.4) is 0 Å². The summed E-state index contributed by atoms with van der Waals surface area (Å²) >= 11 is 0. The molecule has 18 heavy (non-hydrogen) atoms. The molecule has 0 spiro atoms. The minimum Gasteiger partial charge on any atom is -0.465 e. The van der Waals surface area contributed by atoms with E-state index in [1.54, 1.807) is 0 Å². The molecule has 1 aliphatic carbocycles. The SMILES string of the molecule is CCOC(=O)C(C)N1CCC(CNC2CC2)CC1. The summed E-state index contributed by atoms with van der Waals surface area (Å²) in [7, 11) is 0. The van der Waals surface area contributed by atoms with Gasteiger partial charge in [0.2, 0.25) is 0 Å². The Morgan fingerprint density at radius 2 is 2.00 bits per heavy atom.